The first-order valence-electron chi connectivity index (χ1n) is 7.78. The second-order valence-electron chi connectivity index (χ2n) is 5.63. The molecule has 7 heteroatoms. The van der Waals surface area contributed by atoms with Crippen LogP contribution in [-0.4, -0.2) is 54.3 Å². The lowest BCUT2D eigenvalue weighted by Crippen LogP contribution is -2.42. The normalized spacial score (nSPS) is 17.6. The number of aromatic nitrogens is 1. The van der Waals surface area contributed by atoms with Crippen molar-refractivity contribution in [3.8, 4) is 22.1 Å². The maximum absolute atomic E-state index is 12.6. The molecule has 1 amide bonds. The summed E-state index contributed by atoms with van der Waals surface area (Å²) in [6.07, 6.45) is 1.11. The summed E-state index contributed by atoms with van der Waals surface area (Å²) in [6, 6.07) is 5.57. The number of likely N-dealkylation sites (tertiary alicyclic amines) is 1. The molecule has 1 aliphatic heterocycles. The summed E-state index contributed by atoms with van der Waals surface area (Å²) in [5, 5.41) is 12.2. The second kappa shape index (κ2) is 7.19. The SMILES string of the molecule is COc1cccc(-c2nc(C(=O)N3CCC[C@@H](O)C3)cs2)c1OC. The molecule has 24 heavy (non-hydrogen) atoms. The first-order valence-corrected chi connectivity index (χ1v) is 8.66. The molecule has 128 valence electrons. The Hall–Kier alpha value is -2.12. The molecule has 2 heterocycles. The number of aliphatic hydroxyl groups is 1. The molecule has 0 spiro atoms. The molecule has 1 saturated heterocycles. The van der Waals surface area contributed by atoms with E-state index < -0.39 is 6.10 Å². The van der Waals surface area contributed by atoms with E-state index >= 15 is 0 Å². The minimum Gasteiger partial charge on any atom is -0.493 e. The van der Waals surface area contributed by atoms with Crippen LogP contribution in [0, 0.1) is 0 Å². The molecule has 1 aromatic heterocycles. The molecule has 1 aliphatic rings. The largest absolute Gasteiger partial charge is 0.493 e. The zero-order valence-corrected chi connectivity index (χ0v) is 14.5. The van der Waals surface area contributed by atoms with E-state index in [1.165, 1.54) is 11.3 Å². The third-order valence-electron chi connectivity index (χ3n) is 4.04. The Morgan fingerprint density at radius 1 is 1.38 bits per heavy atom. The van der Waals surface area contributed by atoms with Gasteiger partial charge in [-0.25, -0.2) is 4.98 Å². The number of ether oxygens (including phenoxy) is 2. The van der Waals surface area contributed by atoms with Crippen molar-refractivity contribution in [2.75, 3.05) is 27.3 Å². The highest BCUT2D eigenvalue weighted by atomic mass is 32.1. The van der Waals surface area contributed by atoms with E-state index in [9.17, 15) is 9.90 Å². The number of carbonyl (C=O) groups is 1. The highest BCUT2D eigenvalue weighted by molar-refractivity contribution is 7.13. The van der Waals surface area contributed by atoms with Crippen LogP contribution in [0.5, 0.6) is 11.5 Å². The van der Waals surface area contributed by atoms with E-state index in [1.807, 2.05) is 18.2 Å². The van der Waals surface area contributed by atoms with Crippen molar-refractivity contribution in [1.82, 2.24) is 9.88 Å². The Labute approximate surface area is 144 Å². The van der Waals surface area contributed by atoms with Crippen molar-refractivity contribution >= 4 is 17.2 Å². The third-order valence-corrected chi connectivity index (χ3v) is 4.92. The number of aliphatic hydroxyl groups excluding tert-OH is 1. The zero-order chi connectivity index (χ0) is 17.1. The van der Waals surface area contributed by atoms with Gasteiger partial charge in [-0.3, -0.25) is 4.79 Å². The van der Waals surface area contributed by atoms with E-state index in [4.69, 9.17) is 9.47 Å². The predicted molar refractivity (Wildman–Crippen MR) is 91.8 cm³/mol. The van der Waals surface area contributed by atoms with Gasteiger partial charge in [0, 0.05) is 18.5 Å². The number of β-amino-alcohol motifs (C(OH)–C–C–N with tert-alkyl or cyclic N) is 1. The van der Waals surface area contributed by atoms with Crippen molar-refractivity contribution < 1.29 is 19.4 Å². The fourth-order valence-corrected chi connectivity index (χ4v) is 3.67. The molecule has 1 N–H and O–H groups in total. The number of piperidine rings is 1. The summed E-state index contributed by atoms with van der Waals surface area (Å²) in [4.78, 5) is 18.7. The van der Waals surface area contributed by atoms with Gasteiger partial charge >= 0.3 is 0 Å². The van der Waals surface area contributed by atoms with Crippen LogP contribution < -0.4 is 9.47 Å². The van der Waals surface area contributed by atoms with Crippen molar-refractivity contribution in [1.29, 1.82) is 0 Å². The molecule has 1 fully saturated rings. The Morgan fingerprint density at radius 2 is 2.21 bits per heavy atom. The van der Waals surface area contributed by atoms with Gasteiger partial charge in [0.15, 0.2) is 11.5 Å². The average Bonchev–Trinajstić information content (AvgIpc) is 3.10. The Bertz CT molecular complexity index is 731. The molecule has 0 aliphatic carbocycles. The van der Waals surface area contributed by atoms with Gasteiger partial charge in [0.1, 0.15) is 10.7 Å². The van der Waals surface area contributed by atoms with Gasteiger partial charge in [-0.1, -0.05) is 6.07 Å². The molecule has 0 saturated carbocycles. The summed E-state index contributed by atoms with van der Waals surface area (Å²) in [5.41, 5.74) is 1.19. The van der Waals surface area contributed by atoms with Crippen LogP contribution in [0.4, 0.5) is 0 Å². The Kier molecular flexibility index (Phi) is 5.01. The summed E-state index contributed by atoms with van der Waals surface area (Å²) >= 11 is 1.39. The smallest absolute Gasteiger partial charge is 0.273 e. The number of hydrogen-bond acceptors (Lipinski definition) is 6. The van der Waals surface area contributed by atoms with E-state index in [1.54, 1.807) is 24.5 Å². The van der Waals surface area contributed by atoms with Gasteiger partial charge < -0.3 is 19.5 Å². The number of carbonyl (C=O) groups excluding carboxylic acids is 1. The van der Waals surface area contributed by atoms with Gasteiger partial charge in [-0.2, -0.15) is 0 Å². The molecular weight excluding hydrogens is 328 g/mol. The predicted octanol–water partition coefficient (Wildman–Crippen LogP) is 2.42. The van der Waals surface area contributed by atoms with Gasteiger partial charge in [0.2, 0.25) is 0 Å². The minimum atomic E-state index is -0.445. The molecule has 0 unspecified atom stereocenters. The first-order chi connectivity index (χ1) is 11.6. The average molecular weight is 348 g/mol. The number of methoxy groups -OCH3 is 2. The lowest BCUT2D eigenvalue weighted by atomic mass is 10.1. The fraction of sp³-hybridized carbons (Fsp3) is 0.412. The summed E-state index contributed by atoms with van der Waals surface area (Å²) in [5.74, 6) is 1.08. The summed E-state index contributed by atoms with van der Waals surface area (Å²) < 4.78 is 10.7. The summed E-state index contributed by atoms with van der Waals surface area (Å²) in [6.45, 7) is 1.03. The molecule has 6 nitrogen and oxygen atoms in total. The topological polar surface area (TPSA) is 71.9 Å². The van der Waals surface area contributed by atoms with E-state index in [2.05, 4.69) is 4.98 Å². The number of thiazole rings is 1. The number of para-hydroxylation sites is 1. The van der Waals surface area contributed by atoms with Crippen LogP contribution in [0.3, 0.4) is 0 Å². The summed E-state index contributed by atoms with van der Waals surface area (Å²) in [7, 11) is 3.16. The highest BCUT2D eigenvalue weighted by Crippen LogP contribution is 2.39. The molecule has 0 radical (unpaired) electrons. The molecule has 1 aromatic carbocycles. The second-order valence-corrected chi connectivity index (χ2v) is 6.48. The standard InChI is InChI=1S/C17H20N2O4S/c1-22-14-7-3-6-12(15(14)23-2)16-18-13(10-24-16)17(21)19-8-4-5-11(20)9-19/h3,6-7,10-11,20H,4-5,8-9H2,1-2H3/t11-/m1/s1. The fourth-order valence-electron chi connectivity index (χ4n) is 2.85. The molecule has 1 atom stereocenters. The number of rotatable bonds is 4. The van der Waals surface area contributed by atoms with Gasteiger partial charge in [0.05, 0.1) is 25.9 Å². The third kappa shape index (κ3) is 3.22. The van der Waals surface area contributed by atoms with E-state index in [-0.39, 0.29) is 5.91 Å². The van der Waals surface area contributed by atoms with E-state index in [0.717, 1.165) is 18.4 Å². The quantitative estimate of drug-likeness (QED) is 0.919. The van der Waals surface area contributed by atoms with Crippen molar-refractivity contribution in [2.45, 2.75) is 18.9 Å². The van der Waals surface area contributed by atoms with Crippen molar-refractivity contribution in [3.05, 3.63) is 29.3 Å². The van der Waals surface area contributed by atoms with Gasteiger partial charge in [0.25, 0.3) is 5.91 Å². The molecule has 3 rings (SSSR count). The Balaban J connectivity index is 1.87. The number of hydrogen-bond donors (Lipinski definition) is 1. The maximum atomic E-state index is 12.6. The number of amides is 1. The lowest BCUT2D eigenvalue weighted by molar-refractivity contribution is 0.0469. The van der Waals surface area contributed by atoms with Crippen molar-refractivity contribution in [2.24, 2.45) is 0 Å². The van der Waals surface area contributed by atoms with Crippen LogP contribution in [0.1, 0.15) is 23.3 Å². The van der Waals surface area contributed by atoms with Crippen LogP contribution in [0.25, 0.3) is 10.6 Å². The first kappa shape index (κ1) is 16.7. The minimum absolute atomic E-state index is 0.141. The van der Waals surface area contributed by atoms with Crippen LogP contribution in [0.15, 0.2) is 23.6 Å². The van der Waals surface area contributed by atoms with Gasteiger partial charge in [-0.05, 0) is 25.0 Å². The van der Waals surface area contributed by atoms with Gasteiger partial charge in [-0.15, -0.1) is 11.3 Å². The lowest BCUT2D eigenvalue weighted by Gasteiger charge is -2.29. The molecule has 0 bridgehead atoms. The van der Waals surface area contributed by atoms with Crippen LogP contribution >= 0.6 is 11.3 Å². The Morgan fingerprint density at radius 3 is 2.92 bits per heavy atom. The zero-order valence-electron chi connectivity index (χ0n) is 13.7. The highest BCUT2D eigenvalue weighted by Gasteiger charge is 2.25. The molecular formula is C17H20N2O4S. The monoisotopic (exact) mass is 348 g/mol. The van der Waals surface area contributed by atoms with E-state index in [0.29, 0.717) is 35.3 Å². The number of benzene rings is 1. The number of nitrogens with zero attached hydrogens (tertiary/aromatic N) is 2. The molecule has 2 aromatic rings. The van der Waals surface area contributed by atoms with Crippen molar-refractivity contribution in [3.63, 3.8) is 0 Å². The maximum Gasteiger partial charge on any atom is 0.273 e. The van der Waals surface area contributed by atoms with Crippen LogP contribution in [-0.2, 0) is 0 Å². The van der Waals surface area contributed by atoms with Crippen LogP contribution in [0.2, 0.25) is 0 Å².